The van der Waals surface area contributed by atoms with E-state index in [1.165, 1.54) is 11.8 Å². The highest BCUT2D eigenvalue weighted by molar-refractivity contribution is 7.98. The Morgan fingerprint density at radius 1 is 1.07 bits per heavy atom. The molecule has 0 bridgehead atoms. The van der Waals surface area contributed by atoms with Gasteiger partial charge in [-0.1, -0.05) is 16.9 Å². The molecule has 27 heavy (non-hydrogen) atoms. The average Bonchev–Trinajstić information content (AvgIpc) is 3.33. The Hall–Kier alpha value is -3.00. The summed E-state index contributed by atoms with van der Waals surface area (Å²) in [6, 6.07) is 13.3. The highest BCUT2D eigenvalue weighted by Gasteiger charge is 2.11. The number of ether oxygens (including phenoxy) is 2. The third-order valence-electron chi connectivity index (χ3n) is 3.89. The second-order valence-electron chi connectivity index (χ2n) is 5.68. The molecule has 0 amide bonds. The fourth-order valence-electron chi connectivity index (χ4n) is 2.59. The number of aromatic nitrogens is 4. The van der Waals surface area contributed by atoms with Crippen LogP contribution in [0.3, 0.4) is 0 Å². The summed E-state index contributed by atoms with van der Waals surface area (Å²) >= 11 is 1.51. The third kappa shape index (κ3) is 3.90. The first kappa shape index (κ1) is 17.4. The first-order valence-electron chi connectivity index (χ1n) is 8.47. The maximum Gasteiger partial charge on any atom is 0.237 e. The van der Waals surface area contributed by atoms with E-state index in [0.717, 1.165) is 33.3 Å². The topological polar surface area (TPSA) is 86.1 Å². The minimum Gasteiger partial charge on any atom is -0.497 e. The molecule has 1 N–H and O–H groups in total. The van der Waals surface area contributed by atoms with Crippen molar-refractivity contribution in [2.24, 2.45) is 0 Å². The van der Waals surface area contributed by atoms with Crippen LogP contribution in [0, 0.1) is 0 Å². The van der Waals surface area contributed by atoms with Gasteiger partial charge in [-0.2, -0.15) is 4.98 Å². The normalized spacial score (nSPS) is 11.0. The summed E-state index contributed by atoms with van der Waals surface area (Å²) in [5.41, 5.74) is 2.71. The highest BCUT2D eigenvalue weighted by atomic mass is 32.2. The van der Waals surface area contributed by atoms with Gasteiger partial charge in [0.1, 0.15) is 11.5 Å². The largest absolute Gasteiger partial charge is 0.497 e. The van der Waals surface area contributed by atoms with Gasteiger partial charge in [0.2, 0.25) is 11.7 Å². The fourth-order valence-corrected chi connectivity index (χ4v) is 3.31. The number of thioether (sulfide) groups is 1. The number of H-pyrrole nitrogens is 1. The van der Waals surface area contributed by atoms with Crippen molar-refractivity contribution >= 4 is 22.8 Å². The lowest BCUT2D eigenvalue weighted by Crippen LogP contribution is -1.90. The summed E-state index contributed by atoms with van der Waals surface area (Å²) in [5.74, 6) is 3.24. The van der Waals surface area contributed by atoms with E-state index in [1.54, 1.807) is 7.11 Å². The number of rotatable bonds is 7. The summed E-state index contributed by atoms with van der Waals surface area (Å²) in [6.45, 7) is 2.60. The van der Waals surface area contributed by atoms with Gasteiger partial charge in [0.05, 0.1) is 30.5 Å². The van der Waals surface area contributed by atoms with Crippen molar-refractivity contribution < 1.29 is 14.0 Å². The minimum absolute atomic E-state index is 0.529. The zero-order valence-electron chi connectivity index (χ0n) is 14.9. The predicted octanol–water partition coefficient (Wildman–Crippen LogP) is 4.31. The highest BCUT2D eigenvalue weighted by Crippen LogP contribution is 2.26. The molecule has 2 aromatic carbocycles. The van der Waals surface area contributed by atoms with E-state index in [2.05, 4.69) is 20.1 Å². The Balaban J connectivity index is 1.44. The van der Waals surface area contributed by atoms with Crippen LogP contribution >= 0.6 is 11.8 Å². The van der Waals surface area contributed by atoms with Crippen molar-refractivity contribution in [2.45, 2.75) is 17.8 Å². The van der Waals surface area contributed by atoms with Gasteiger partial charge in [-0.15, -0.1) is 0 Å². The summed E-state index contributed by atoms with van der Waals surface area (Å²) < 4.78 is 16.0. The smallest absolute Gasteiger partial charge is 0.237 e. The lowest BCUT2D eigenvalue weighted by atomic mass is 10.2. The molecule has 0 radical (unpaired) electrons. The van der Waals surface area contributed by atoms with Crippen LogP contribution in [0.2, 0.25) is 0 Å². The number of hydrogen-bond donors (Lipinski definition) is 1. The molecule has 8 heteroatoms. The fraction of sp³-hybridized carbons (Fsp3) is 0.211. The third-order valence-corrected chi connectivity index (χ3v) is 4.75. The lowest BCUT2D eigenvalue weighted by molar-refractivity contribution is 0.340. The molecule has 0 unspecified atom stereocenters. The molecule has 0 aliphatic carbocycles. The number of nitrogens with zero attached hydrogens (tertiary/aromatic N) is 3. The van der Waals surface area contributed by atoms with E-state index in [-0.39, 0.29) is 0 Å². The summed E-state index contributed by atoms with van der Waals surface area (Å²) in [6.07, 6.45) is 0. The van der Waals surface area contributed by atoms with E-state index < -0.39 is 0 Å². The Morgan fingerprint density at radius 3 is 2.67 bits per heavy atom. The van der Waals surface area contributed by atoms with Gasteiger partial charge in [0.25, 0.3) is 0 Å². The summed E-state index contributed by atoms with van der Waals surface area (Å²) in [4.78, 5) is 12.3. The second-order valence-corrected chi connectivity index (χ2v) is 6.65. The van der Waals surface area contributed by atoms with Crippen molar-refractivity contribution in [3.05, 3.63) is 48.4 Å². The molecule has 4 aromatic rings. The average molecular weight is 382 g/mol. The van der Waals surface area contributed by atoms with Gasteiger partial charge in [0.15, 0.2) is 5.16 Å². The quantitative estimate of drug-likeness (QED) is 0.477. The number of hydrogen-bond acceptors (Lipinski definition) is 7. The maximum absolute atomic E-state index is 5.52. The Kier molecular flexibility index (Phi) is 4.97. The number of benzene rings is 2. The molecule has 0 aliphatic heterocycles. The first-order chi connectivity index (χ1) is 13.2. The number of aromatic amines is 1. The SMILES string of the molecule is CCOc1ccc2nc(SCc3nc(-c4ccc(OC)cc4)no3)[nH]c2c1. The van der Waals surface area contributed by atoms with E-state index in [1.807, 2.05) is 49.4 Å². The van der Waals surface area contributed by atoms with Gasteiger partial charge >= 0.3 is 0 Å². The molecule has 138 valence electrons. The Morgan fingerprint density at radius 2 is 1.89 bits per heavy atom. The molecule has 2 heterocycles. The first-order valence-corrected chi connectivity index (χ1v) is 9.46. The number of imidazole rings is 1. The molecule has 0 aliphatic rings. The standard InChI is InChI=1S/C19H18N4O3S/c1-3-25-14-8-9-15-16(10-14)21-19(20-15)27-11-17-22-18(23-26-17)12-4-6-13(24-2)7-5-12/h4-10H,3,11H2,1-2H3,(H,20,21). The van der Waals surface area contributed by atoms with Gasteiger partial charge < -0.3 is 19.0 Å². The van der Waals surface area contributed by atoms with Crippen LogP contribution in [0.15, 0.2) is 52.1 Å². The van der Waals surface area contributed by atoms with Crippen molar-refractivity contribution in [1.29, 1.82) is 0 Å². The lowest BCUT2D eigenvalue weighted by Gasteiger charge is -2.00. The number of fused-ring (bicyclic) bond motifs is 1. The van der Waals surface area contributed by atoms with E-state index in [9.17, 15) is 0 Å². The van der Waals surface area contributed by atoms with Crippen LogP contribution in [0.4, 0.5) is 0 Å². The van der Waals surface area contributed by atoms with Crippen molar-refractivity contribution in [3.63, 3.8) is 0 Å². The number of nitrogens with one attached hydrogen (secondary N) is 1. The molecule has 0 atom stereocenters. The van der Waals surface area contributed by atoms with Crippen LogP contribution < -0.4 is 9.47 Å². The van der Waals surface area contributed by atoms with Crippen LogP contribution in [-0.4, -0.2) is 33.8 Å². The molecule has 0 fully saturated rings. The van der Waals surface area contributed by atoms with Crippen molar-refractivity contribution in [1.82, 2.24) is 20.1 Å². The summed E-state index contributed by atoms with van der Waals surface area (Å²) in [7, 11) is 1.63. The van der Waals surface area contributed by atoms with Gasteiger partial charge in [-0.05, 0) is 43.3 Å². The molecule has 2 aromatic heterocycles. The van der Waals surface area contributed by atoms with Gasteiger partial charge in [-0.3, -0.25) is 0 Å². The van der Waals surface area contributed by atoms with E-state index in [0.29, 0.717) is 24.1 Å². The van der Waals surface area contributed by atoms with E-state index >= 15 is 0 Å². The molecule has 0 spiro atoms. The van der Waals surface area contributed by atoms with Crippen LogP contribution in [-0.2, 0) is 5.75 Å². The van der Waals surface area contributed by atoms with Crippen molar-refractivity contribution in [2.75, 3.05) is 13.7 Å². The van der Waals surface area contributed by atoms with E-state index in [4.69, 9.17) is 14.0 Å². The summed E-state index contributed by atoms with van der Waals surface area (Å²) in [5, 5.41) is 4.84. The monoisotopic (exact) mass is 382 g/mol. The van der Waals surface area contributed by atoms with Crippen LogP contribution in [0.25, 0.3) is 22.4 Å². The minimum atomic E-state index is 0.529. The molecule has 7 nitrogen and oxygen atoms in total. The molecular formula is C19H18N4O3S. The molecule has 0 saturated carbocycles. The molecule has 0 saturated heterocycles. The zero-order chi connectivity index (χ0) is 18.6. The van der Waals surface area contributed by atoms with Gasteiger partial charge in [-0.25, -0.2) is 4.98 Å². The van der Waals surface area contributed by atoms with Crippen LogP contribution in [0.5, 0.6) is 11.5 Å². The van der Waals surface area contributed by atoms with Gasteiger partial charge in [0, 0.05) is 11.6 Å². The molecular weight excluding hydrogens is 364 g/mol. The Labute approximate surface area is 160 Å². The predicted molar refractivity (Wildman–Crippen MR) is 103 cm³/mol. The zero-order valence-corrected chi connectivity index (χ0v) is 15.7. The second kappa shape index (κ2) is 7.71. The van der Waals surface area contributed by atoms with Crippen LogP contribution in [0.1, 0.15) is 12.8 Å². The van der Waals surface area contributed by atoms with Crippen molar-refractivity contribution in [3.8, 4) is 22.9 Å². The number of methoxy groups -OCH3 is 1. The maximum atomic E-state index is 5.52. The molecule has 4 rings (SSSR count). The Bertz CT molecular complexity index is 1040.